The predicted octanol–water partition coefficient (Wildman–Crippen LogP) is 2.56. The van der Waals surface area contributed by atoms with E-state index in [1.165, 1.54) is 42.5 Å². The maximum Gasteiger partial charge on any atom is 0.261 e. The first-order valence-corrected chi connectivity index (χ1v) is 16.3. The van der Waals surface area contributed by atoms with Crippen molar-refractivity contribution in [2.45, 2.75) is 56.1 Å². The number of amides is 1. The first kappa shape index (κ1) is 31.5. The molecule has 1 aliphatic heterocycles. The smallest absolute Gasteiger partial charge is 0.261 e. The first-order chi connectivity index (χ1) is 19.7. The van der Waals surface area contributed by atoms with Crippen LogP contribution in [0.5, 0.6) is 5.75 Å². The number of hydrogen-bond donors (Lipinski definition) is 2. The predicted molar refractivity (Wildman–Crippen MR) is 155 cm³/mol. The number of carbonyl (C=O) groups is 1. The fraction of sp³-hybridized carbons (Fsp3) is 0.429. The van der Waals surface area contributed by atoms with Crippen LogP contribution in [-0.2, 0) is 31.3 Å². The molecule has 2 heterocycles. The Bertz CT molecular complexity index is 1620. The minimum Gasteiger partial charge on any atom is -0.488 e. The lowest BCUT2D eigenvalue weighted by Crippen LogP contribution is -2.48. The van der Waals surface area contributed by atoms with Crippen molar-refractivity contribution in [2.24, 2.45) is 5.92 Å². The van der Waals surface area contributed by atoms with E-state index in [-0.39, 0.29) is 64.9 Å². The highest BCUT2D eigenvalue weighted by atomic mass is 32.2. The third-order valence-electron chi connectivity index (χ3n) is 7.30. The Balaban J connectivity index is 1.70. The molecule has 1 amide bonds. The van der Waals surface area contributed by atoms with E-state index in [1.54, 1.807) is 43.0 Å². The maximum absolute atomic E-state index is 13.5. The van der Waals surface area contributed by atoms with Crippen LogP contribution in [0.25, 0.3) is 0 Å². The van der Waals surface area contributed by atoms with Gasteiger partial charge < -0.3 is 19.3 Å². The van der Waals surface area contributed by atoms with Gasteiger partial charge in [0, 0.05) is 30.8 Å². The van der Waals surface area contributed by atoms with Crippen LogP contribution in [0, 0.1) is 19.8 Å². The van der Waals surface area contributed by atoms with Gasteiger partial charge in [0.05, 0.1) is 30.5 Å². The molecule has 3 atom stereocenters. The zero-order valence-electron chi connectivity index (χ0n) is 24.1. The average molecular weight is 621 g/mol. The van der Waals surface area contributed by atoms with Crippen molar-refractivity contribution in [3.05, 3.63) is 65.5 Å². The number of carbonyl (C=O) groups excluding carboxylic acids is 1. The van der Waals surface area contributed by atoms with Gasteiger partial charge in [0.25, 0.3) is 10.0 Å². The molecule has 2 N–H and O–H groups in total. The van der Waals surface area contributed by atoms with Gasteiger partial charge >= 0.3 is 0 Å². The van der Waals surface area contributed by atoms with Gasteiger partial charge in [-0.25, -0.2) is 16.8 Å². The average Bonchev–Trinajstić information content (AvgIpc) is 3.31. The van der Waals surface area contributed by atoms with Crippen LogP contribution in [0.2, 0.25) is 0 Å². The number of likely N-dealkylation sites (N-methyl/N-ethyl adjacent to an activating group) is 1. The molecule has 12 nitrogen and oxygen atoms in total. The summed E-state index contributed by atoms with van der Waals surface area (Å²) in [5.41, 5.74) is 0.892. The SMILES string of the molecule is Cc1noc(C)c1S(=O)(=O)N(C)C[C@@H]1Oc2ccc(NS(=O)(=O)c3ccccc3)cc2CC(=O)N([C@H](C)CO)C[C@@H]1C. The van der Waals surface area contributed by atoms with Crippen LogP contribution in [0.3, 0.4) is 0 Å². The van der Waals surface area contributed by atoms with Crippen molar-refractivity contribution in [3.8, 4) is 5.75 Å². The van der Waals surface area contributed by atoms with Gasteiger partial charge in [0.15, 0.2) is 5.76 Å². The van der Waals surface area contributed by atoms with Crippen molar-refractivity contribution < 1.29 is 36.0 Å². The van der Waals surface area contributed by atoms with Crippen LogP contribution >= 0.6 is 0 Å². The molecule has 0 saturated carbocycles. The Hall–Kier alpha value is -3.46. The fourth-order valence-corrected chi connectivity index (χ4v) is 7.41. The summed E-state index contributed by atoms with van der Waals surface area (Å²) in [5, 5.41) is 13.6. The maximum atomic E-state index is 13.5. The molecular formula is C28H36N4O8S2. The number of ether oxygens (including phenoxy) is 1. The Morgan fingerprint density at radius 2 is 1.83 bits per heavy atom. The summed E-state index contributed by atoms with van der Waals surface area (Å²) in [7, 11) is -6.44. The number of hydrogen-bond acceptors (Lipinski definition) is 9. The Morgan fingerprint density at radius 3 is 2.45 bits per heavy atom. The van der Waals surface area contributed by atoms with Crippen LogP contribution < -0.4 is 9.46 Å². The summed E-state index contributed by atoms with van der Waals surface area (Å²) in [6, 6.07) is 12.0. The number of nitrogens with one attached hydrogen (secondary N) is 1. The quantitative estimate of drug-likeness (QED) is 0.367. The molecule has 228 valence electrons. The Labute approximate surface area is 246 Å². The van der Waals surface area contributed by atoms with Crippen molar-refractivity contribution in [3.63, 3.8) is 0 Å². The second-order valence-corrected chi connectivity index (χ2v) is 14.2. The molecule has 0 aliphatic carbocycles. The molecule has 0 bridgehead atoms. The highest BCUT2D eigenvalue weighted by molar-refractivity contribution is 7.92. The zero-order chi connectivity index (χ0) is 30.8. The minimum atomic E-state index is -3.99. The summed E-state index contributed by atoms with van der Waals surface area (Å²) in [6.07, 6.45) is -0.831. The number of aliphatic hydroxyl groups is 1. The standard InChI is InChI=1S/C28H36N4O8S2/c1-18-15-32(19(2)17-33)27(34)14-22-13-23(30-41(35,36)24-9-7-6-8-10-24)11-12-25(22)39-26(18)16-31(5)42(37,38)28-20(3)29-40-21(28)4/h6-13,18-19,26,30,33H,14-17H2,1-5H3/t18-,19+,26-/m0/s1. The highest BCUT2D eigenvalue weighted by Crippen LogP contribution is 2.31. The van der Waals surface area contributed by atoms with Crippen LogP contribution in [0.4, 0.5) is 5.69 Å². The van der Waals surface area contributed by atoms with Gasteiger partial charge in [-0.2, -0.15) is 4.31 Å². The molecule has 0 saturated heterocycles. The molecule has 42 heavy (non-hydrogen) atoms. The van der Waals surface area contributed by atoms with E-state index in [0.717, 1.165) is 0 Å². The number of benzene rings is 2. The number of anilines is 1. The molecule has 0 radical (unpaired) electrons. The molecule has 3 aromatic rings. The largest absolute Gasteiger partial charge is 0.488 e. The lowest BCUT2D eigenvalue weighted by molar-refractivity contribution is -0.134. The number of fused-ring (bicyclic) bond motifs is 1. The van der Waals surface area contributed by atoms with E-state index in [4.69, 9.17) is 9.26 Å². The Kier molecular flexibility index (Phi) is 9.30. The minimum absolute atomic E-state index is 0.0119. The van der Waals surface area contributed by atoms with Gasteiger partial charge in [-0.15, -0.1) is 0 Å². The van der Waals surface area contributed by atoms with Crippen LogP contribution in [0.15, 0.2) is 62.8 Å². The second-order valence-electron chi connectivity index (χ2n) is 10.6. The molecule has 4 rings (SSSR count). The molecule has 0 spiro atoms. The van der Waals surface area contributed by atoms with Gasteiger partial charge in [0.1, 0.15) is 22.4 Å². The van der Waals surface area contributed by atoms with E-state index in [2.05, 4.69) is 9.88 Å². The van der Waals surface area contributed by atoms with Crippen LogP contribution in [0.1, 0.15) is 30.9 Å². The molecular weight excluding hydrogens is 584 g/mol. The zero-order valence-corrected chi connectivity index (χ0v) is 25.8. The van der Waals surface area contributed by atoms with Gasteiger partial charge in [-0.3, -0.25) is 9.52 Å². The van der Waals surface area contributed by atoms with Crippen molar-refractivity contribution >= 4 is 31.6 Å². The van der Waals surface area contributed by atoms with E-state index >= 15 is 0 Å². The van der Waals surface area contributed by atoms with Gasteiger partial charge in [0.2, 0.25) is 15.9 Å². The number of nitrogens with zero attached hydrogens (tertiary/aromatic N) is 3. The monoisotopic (exact) mass is 620 g/mol. The molecule has 0 unspecified atom stereocenters. The second kappa shape index (κ2) is 12.4. The lowest BCUT2D eigenvalue weighted by atomic mass is 10.0. The topological polar surface area (TPSA) is 159 Å². The summed E-state index contributed by atoms with van der Waals surface area (Å²) in [6.45, 7) is 6.51. The van der Waals surface area contributed by atoms with E-state index in [0.29, 0.717) is 11.3 Å². The number of rotatable bonds is 9. The number of sulfonamides is 2. The molecule has 2 aromatic carbocycles. The highest BCUT2D eigenvalue weighted by Gasteiger charge is 2.35. The fourth-order valence-electron chi connectivity index (χ4n) is 4.87. The van der Waals surface area contributed by atoms with E-state index in [1.807, 2.05) is 6.92 Å². The number of aryl methyl sites for hydroxylation is 2. The van der Waals surface area contributed by atoms with Gasteiger partial charge in [-0.1, -0.05) is 30.3 Å². The lowest BCUT2D eigenvalue weighted by Gasteiger charge is -2.33. The van der Waals surface area contributed by atoms with Crippen molar-refractivity contribution in [2.75, 3.05) is 31.5 Å². The molecule has 1 aliphatic rings. The first-order valence-electron chi connectivity index (χ1n) is 13.4. The van der Waals surface area contributed by atoms with Gasteiger partial charge in [-0.05, 0) is 51.1 Å². The molecule has 14 heteroatoms. The normalized spacial score (nSPS) is 18.9. The molecule has 0 fully saturated rings. The third-order valence-corrected chi connectivity index (χ3v) is 10.8. The van der Waals surface area contributed by atoms with Crippen molar-refractivity contribution in [1.82, 2.24) is 14.4 Å². The summed E-state index contributed by atoms with van der Waals surface area (Å²) < 4.78 is 67.9. The van der Waals surface area contributed by atoms with Crippen molar-refractivity contribution in [1.29, 1.82) is 0 Å². The third kappa shape index (κ3) is 6.61. The number of aromatic nitrogens is 1. The van der Waals surface area contributed by atoms with Crippen LogP contribution in [-0.4, -0.2) is 81.1 Å². The Morgan fingerprint density at radius 1 is 1.14 bits per heavy atom. The molecule has 1 aromatic heterocycles. The van der Waals surface area contributed by atoms with E-state index < -0.39 is 32.2 Å². The summed E-state index contributed by atoms with van der Waals surface area (Å²) in [4.78, 5) is 15.1. The summed E-state index contributed by atoms with van der Waals surface area (Å²) in [5.74, 6) is -0.141. The number of aliphatic hydroxyl groups excluding tert-OH is 1. The summed E-state index contributed by atoms with van der Waals surface area (Å²) >= 11 is 0. The van der Waals surface area contributed by atoms with E-state index in [9.17, 15) is 26.7 Å².